The SMILES string of the molecule is Cc1ccc(N2C(=O)NC(=O)C(=Cc3ccc(-c4ccc([N+](=O)[O-])cc4C)o3)C2=O)cc1. The van der Waals surface area contributed by atoms with E-state index in [1.807, 2.05) is 6.92 Å². The third-order valence-corrected chi connectivity index (χ3v) is 4.99. The molecule has 2 heterocycles. The molecule has 1 aromatic heterocycles. The molecule has 1 N–H and O–H groups in total. The van der Waals surface area contributed by atoms with Gasteiger partial charge >= 0.3 is 6.03 Å². The number of hydrogen-bond acceptors (Lipinski definition) is 6. The Morgan fingerprint density at radius 3 is 2.38 bits per heavy atom. The number of rotatable bonds is 4. The molecule has 0 aliphatic carbocycles. The molecule has 1 aliphatic heterocycles. The van der Waals surface area contributed by atoms with Gasteiger partial charge in [-0.25, -0.2) is 9.69 Å². The normalized spacial score (nSPS) is 15.2. The first-order valence-corrected chi connectivity index (χ1v) is 9.58. The van der Waals surface area contributed by atoms with Crippen molar-refractivity contribution in [2.24, 2.45) is 0 Å². The number of barbiturate groups is 1. The van der Waals surface area contributed by atoms with Crippen molar-refractivity contribution in [1.29, 1.82) is 0 Å². The minimum atomic E-state index is -0.831. The van der Waals surface area contributed by atoms with Crippen LogP contribution in [0.25, 0.3) is 17.4 Å². The van der Waals surface area contributed by atoms with Gasteiger partial charge < -0.3 is 4.42 Å². The lowest BCUT2D eigenvalue weighted by atomic mass is 10.1. The molecule has 1 fully saturated rings. The van der Waals surface area contributed by atoms with E-state index < -0.39 is 22.8 Å². The first kappa shape index (κ1) is 20.7. The molecule has 4 amide bonds. The van der Waals surface area contributed by atoms with Gasteiger partial charge in [-0.2, -0.15) is 0 Å². The van der Waals surface area contributed by atoms with Gasteiger partial charge in [0, 0.05) is 17.7 Å². The summed E-state index contributed by atoms with van der Waals surface area (Å²) in [5, 5.41) is 13.1. The molecule has 9 heteroatoms. The number of non-ortho nitro benzene ring substituents is 1. The van der Waals surface area contributed by atoms with E-state index in [1.165, 1.54) is 18.2 Å². The summed E-state index contributed by atoms with van der Waals surface area (Å²) in [5.74, 6) is -0.964. The Kier molecular flexibility index (Phi) is 5.15. The molecule has 9 nitrogen and oxygen atoms in total. The smallest absolute Gasteiger partial charge is 0.335 e. The van der Waals surface area contributed by atoms with Gasteiger partial charge in [0.25, 0.3) is 17.5 Å². The lowest BCUT2D eigenvalue weighted by Gasteiger charge is -2.26. The highest BCUT2D eigenvalue weighted by Crippen LogP contribution is 2.30. The van der Waals surface area contributed by atoms with Crippen LogP contribution < -0.4 is 10.2 Å². The van der Waals surface area contributed by atoms with Crippen molar-refractivity contribution < 1.29 is 23.7 Å². The fraction of sp³-hybridized carbons (Fsp3) is 0.0870. The van der Waals surface area contributed by atoms with Gasteiger partial charge in [-0.05, 0) is 55.8 Å². The highest BCUT2D eigenvalue weighted by atomic mass is 16.6. The Morgan fingerprint density at radius 2 is 1.72 bits per heavy atom. The summed E-state index contributed by atoms with van der Waals surface area (Å²) in [6, 6.07) is 13.5. The van der Waals surface area contributed by atoms with Crippen molar-refractivity contribution in [3.05, 3.63) is 87.2 Å². The predicted octanol–water partition coefficient (Wildman–Crippen LogP) is 4.14. The molecule has 4 rings (SSSR count). The second-order valence-electron chi connectivity index (χ2n) is 7.25. The highest BCUT2D eigenvalue weighted by molar-refractivity contribution is 6.39. The van der Waals surface area contributed by atoms with Crippen LogP contribution in [0.15, 0.2) is 64.6 Å². The molecule has 0 saturated carbocycles. The van der Waals surface area contributed by atoms with E-state index in [0.29, 0.717) is 22.6 Å². The summed E-state index contributed by atoms with van der Waals surface area (Å²) < 4.78 is 5.75. The van der Waals surface area contributed by atoms with Crippen molar-refractivity contribution >= 4 is 35.3 Å². The standard InChI is InChI=1S/C23H17N3O6/c1-13-3-5-15(6-4-13)25-22(28)19(21(27)24-23(25)29)12-17-8-10-20(32-17)18-9-7-16(26(30)31)11-14(18)2/h3-12H,1-2H3,(H,24,27,29). The third-order valence-electron chi connectivity index (χ3n) is 4.99. The van der Waals surface area contributed by atoms with Crippen LogP contribution in [0, 0.1) is 24.0 Å². The van der Waals surface area contributed by atoms with Crippen LogP contribution in [0.3, 0.4) is 0 Å². The monoisotopic (exact) mass is 431 g/mol. The molecule has 1 saturated heterocycles. The number of aryl methyl sites for hydroxylation is 2. The van der Waals surface area contributed by atoms with Crippen LogP contribution in [0.4, 0.5) is 16.2 Å². The molecule has 32 heavy (non-hydrogen) atoms. The average Bonchev–Trinajstić information content (AvgIpc) is 3.20. The molecule has 0 spiro atoms. The minimum Gasteiger partial charge on any atom is -0.457 e. The Balaban J connectivity index is 1.66. The summed E-state index contributed by atoms with van der Waals surface area (Å²) in [6.07, 6.45) is 1.26. The Hall–Kier alpha value is -4.53. The predicted molar refractivity (Wildman–Crippen MR) is 116 cm³/mol. The van der Waals surface area contributed by atoms with Crippen molar-refractivity contribution in [3.8, 4) is 11.3 Å². The van der Waals surface area contributed by atoms with E-state index >= 15 is 0 Å². The maximum Gasteiger partial charge on any atom is 0.335 e. The number of nitro benzene ring substituents is 1. The lowest BCUT2D eigenvalue weighted by Crippen LogP contribution is -2.54. The number of anilines is 1. The number of benzene rings is 2. The van der Waals surface area contributed by atoms with Gasteiger partial charge in [-0.1, -0.05) is 17.7 Å². The minimum absolute atomic E-state index is 0.0366. The molecule has 2 aromatic carbocycles. The summed E-state index contributed by atoms with van der Waals surface area (Å²) in [4.78, 5) is 48.9. The van der Waals surface area contributed by atoms with E-state index in [4.69, 9.17) is 4.42 Å². The fourth-order valence-electron chi connectivity index (χ4n) is 3.34. The Bertz CT molecular complexity index is 1300. The topological polar surface area (TPSA) is 123 Å². The largest absolute Gasteiger partial charge is 0.457 e. The van der Waals surface area contributed by atoms with Crippen molar-refractivity contribution in [3.63, 3.8) is 0 Å². The number of urea groups is 1. The van der Waals surface area contributed by atoms with E-state index in [-0.39, 0.29) is 17.0 Å². The first-order valence-electron chi connectivity index (χ1n) is 9.58. The fourth-order valence-corrected chi connectivity index (χ4v) is 3.34. The van der Waals surface area contributed by atoms with Gasteiger partial charge in [-0.15, -0.1) is 0 Å². The number of hydrogen-bond donors (Lipinski definition) is 1. The second-order valence-corrected chi connectivity index (χ2v) is 7.25. The zero-order valence-corrected chi connectivity index (χ0v) is 17.1. The molecular weight excluding hydrogens is 414 g/mol. The zero-order chi connectivity index (χ0) is 23.0. The van der Waals surface area contributed by atoms with Crippen LogP contribution in [-0.4, -0.2) is 22.8 Å². The van der Waals surface area contributed by atoms with Gasteiger partial charge in [0.15, 0.2) is 0 Å². The summed E-state index contributed by atoms with van der Waals surface area (Å²) in [7, 11) is 0. The van der Waals surface area contributed by atoms with Crippen LogP contribution in [0.1, 0.15) is 16.9 Å². The van der Waals surface area contributed by atoms with E-state index in [1.54, 1.807) is 49.4 Å². The van der Waals surface area contributed by atoms with E-state index in [2.05, 4.69) is 5.32 Å². The molecule has 0 bridgehead atoms. The van der Waals surface area contributed by atoms with Crippen molar-refractivity contribution in [2.45, 2.75) is 13.8 Å². The van der Waals surface area contributed by atoms with Crippen LogP contribution >= 0.6 is 0 Å². The quantitative estimate of drug-likeness (QED) is 0.287. The molecule has 1 aliphatic rings. The first-order chi connectivity index (χ1) is 15.2. The van der Waals surface area contributed by atoms with Gasteiger partial charge in [-0.3, -0.25) is 25.0 Å². The van der Waals surface area contributed by atoms with Gasteiger partial charge in [0.1, 0.15) is 17.1 Å². The number of nitro groups is 1. The van der Waals surface area contributed by atoms with Crippen LogP contribution in [0.2, 0.25) is 0 Å². The number of nitrogens with one attached hydrogen (secondary N) is 1. The second kappa shape index (κ2) is 7.95. The average molecular weight is 431 g/mol. The number of carbonyl (C=O) groups excluding carboxylic acids is 3. The number of imide groups is 2. The van der Waals surface area contributed by atoms with Crippen LogP contribution in [0.5, 0.6) is 0 Å². The summed E-state index contributed by atoms with van der Waals surface area (Å²) in [6.45, 7) is 3.59. The maximum absolute atomic E-state index is 12.9. The Morgan fingerprint density at radius 1 is 1.00 bits per heavy atom. The molecular formula is C23H17N3O6. The third kappa shape index (κ3) is 3.79. The molecule has 0 unspecified atom stereocenters. The zero-order valence-electron chi connectivity index (χ0n) is 17.1. The number of carbonyl (C=O) groups is 3. The van der Waals surface area contributed by atoms with Crippen molar-refractivity contribution in [1.82, 2.24) is 5.32 Å². The highest BCUT2D eigenvalue weighted by Gasteiger charge is 2.37. The maximum atomic E-state index is 12.9. The number of furan rings is 1. The lowest BCUT2D eigenvalue weighted by molar-refractivity contribution is -0.384. The number of amides is 4. The van der Waals surface area contributed by atoms with Gasteiger partial charge in [0.2, 0.25) is 0 Å². The van der Waals surface area contributed by atoms with Crippen LogP contribution in [-0.2, 0) is 9.59 Å². The van der Waals surface area contributed by atoms with E-state index in [0.717, 1.165) is 10.5 Å². The summed E-state index contributed by atoms with van der Waals surface area (Å²) in [5.41, 5.74) is 2.26. The molecule has 0 radical (unpaired) electrons. The number of nitrogens with zero attached hydrogens (tertiary/aromatic N) is 2. The van der Waals surface area contributed by atoms with Crippen molar-refractivity contribution in [2.75, 3.05) is 4.90 Å². The van der Waals surface area contributed by atoms with E-state index in [9.17, 15) is 24.5 Å². The molecule has 160 valence electrons. The Labute approximate surface area is 182 Å². The molecule has 3 aromatic rings. The summed E-state index contributed by atoms with van der Waals surface area (Å²) >= 11 is 0. The molecule has 0 atom stereocenters. The van der Waals surface area contributed by atoms with Gasteiger partial charge in [0.05, 0.1) is 10.6 Å².